The molecule has 0 aliphatic carbocycles. The first-order valence-corrected chi connectivity index (χ1v) is 5.23. The summed E-state index contributed by atoms with van der Waals surface area (Å²) < 4.78 is 6.96. The van der Waals surface area contributed by atoms with Crippen LogP contribution in [0, 0.1) is 0 Å². The number of hydrogen-bond donors (Lipinski definition) is 2. The summed E-state index contributed by atoms with van der Waals surface area (Å²) in [4.78, 5) is 0. The van der Waals surface area contributed by atoms with E-state index in [1.807, 2.05) is 25.4 Å². The Balaban J connectivity index is 1.78. The monoisotopic (exact) mass is 220 g/mol. The zero-order valence-corrected chi connectivity index (χ0v) is 9.26. The Morgan fingerprint density at radius 1 is 1.62 bits per heavy atom. The number of rotatable bonds is 5. The van der Waals surface area contributed by atoms with Gasteiger partial charge in [0.15, 0.2) is 0 Å². The van der Waals surface area contributed by atoms with Gasteiger partial charge in [0, 0.05) is 31.4 Å². The lowest BCUT2D eigenvalue weighted by atomic mass is 10.2. The smallest absolute Gasteiger partial charge is 0.117 e. The van der Waals surface area contributed by atoms with E-state index in [2.05, 4.69) is 10.4 Å². The van der Waals surface area contributed by atoms with Crippen LogP contribution in [0.2, 0.25) is 0 Å². The third-order valence-electron chi connectivity index (χ3n) is 2.40. The Morgan fingerprint density at radius 3 is 3.12 bits per heavy atom. The molecule has 0 aliphatic rings. The molecule has 0 aliphatic heterocycles. The molecule has 5 heteroatoms. The van der Waals surface area contributed by atoms with Gasteiger partial charge in [0.05, 0.1) is 19.0 Å². The molecule has 1 atom stereocenters. The summed E-state index contributed by atoms with van der Waals surface area (Å²) in [5.41, 5.74) is 7.04. The third kappa shape index (κ3) is 2.71. The van der Waals surface area contributed by atoms with Gasteiger partial charge in [-0.2, -0.15) is 5.10 Å². The number of hydrogen-bond acceptors (Lipinski definition) is 4. The maximum absolute atomic E-state index is 6.00. The molecule has 3 N–H and O–H groups in total. The van der Waals surface area contributed by atoms with E-state index >= 15 is 0 Å². The van der Waals surface area contributed by atoms with Crippen LogP contribution in [0.4, 0.5) is 0 Å². The van der Waals surface area contributed by atoms with Crippen LogP contribution >= 0.6 is 0 Å². The fourth-order valence-corrected chi connectivity index (χ4v) is 1.51. The fraction of sp³-hybridized carbons (Fsp3) is 0.364. The maximum Gasteiger partial charge on any atom is 0.117 e. The van der Waals surface area contributed by atoms with Crippen molar-refractivity contribution in [3.8, 4) is 0 Å². The van der Waals surface area contributed by atoms with Crippen LogP contribution in [0.25, 0.3) is 0 Å². The van der Waals surface area contributed by atoms with Crippen molar-refractivity contribution in [1.82, 2.24) is 15.1 Å². The maximum atomic E-state index is 6.00. The average Bonchev–Trinajstić information content (AvgIpc) is 2.89. The van der Waals surface area contributed by atoms with E-state index in [9.17, 15) is 0 Å². The molecule has 0 bridgehead atoms. The van der Waals surface area contributed by atoms with E-state index in [0.29, 0.717) is 13.1 Å². The van der Waals surface area contributed by atoms with E-state index in [1.165, 1.54) is 0 Å². The fourth-order valence-electron chi connectivity index (χ4n) is 1.51. The Kier molecular flexibility index (Phi) is 3.38. The van der Waals surface area contributed by atoms with E-state index in [1.54, 1.807) is 17.1 Å². The van der Waals surface area contributed by atoms with E-state index in [-0.39, 0.29) is 6.04 Å². The quantitative estimate of drug-likeness (QED) is 0.782. The molecular formula is C11H16N4O. The van der Waals surface area contributed by atoms with Crippen LogP contribution in [0.3, 0.4) is 0 Å². The van der Waals surface area contributed by atoms with Crippen LogP contribution in [0.1, 0.15) is 17.4 Å². The number of aromatic nitrogens is 2. The molecule has 0 fully saturated rings. The molecule has 16 heavy (non-hydrogen) atoms. The summed E-state index contributed by atoms with van der Waals surface area (Å²) in [6, 6.07) is 3.77. The van der Waals surface area contributed by atoms with Gasteiger partial charge in [-0.25, -0.2) is 0 Å². The zero-order chi connectivity index (χ0) is 11.4. The van der Waals surface area contributed by atoms with Crippen molar-refractivity contribution in [2.75, 3.05) is 6.54 Å². The number of nitrogens with one attached hydrogen (secondary N) is 1. The minimum absolute atomic E-state index is 0.0383. The molecule has 1 unspecified atom stereocenters. The number of nitrogens with zero attached hydrogens (tertiary/aromatic N) is 2. The first-order valence-electron chi connectivity index (χ1n) is 5.23. The number of aryl methyl sites for hydroxylation is 1. The highest BCUT2D eigenvalue weighted by Crippen LogP contribution is 2.07. The van der Waals surface area contributed by atoms with Crippen molar-refractivity contribution >= 4 is 0 Å². The molecule has 0 aromatic carbocycles. The van der Waals surface area contributed by atoms with Gasteiger partial charge < -0.3 is 15.5 Å². The molecule has 0 amide bonds. The summed E-state index contributed by atoms with van der Waals surface area (Å²) >= 11 is 0. The molecule has 2 aromatic heterocycles. The lowest BCUT2D eigenvalue weighted by Gasteiger charge is -2.09. The van der Waals surface area contributed by atoms with Crippen LogP contribution < -0.4 is 11.1 Å². The predicted molar refractivity (Wildman–Crippen MR) is 60.6 cm³/mol. The molecule has 2 aromatic rings. The topological polar surface area (TPSA) is 69.0 Å². The molecule has 0 saturated heterocycles. The lowest BCUT2D eigenvalue weighted by molar-refractivity contribution is 0.474. The van der Waals surface area contributed by atoms with Crippen molar-refractivity contribution in [1.29, 1.82) is 0 Å². The van der Waals surface area contributed by atoms with Gasteiger partial charge in [-0.15, -0.1) is 0 Å². The van der Waals surface area contributed by atoms with Gasteiger partial charge >= 0.3 is 0 Å². The molecule has 0 radical (unpaired) electrons. The Hall–Kier alpha value is -1.59. The van der Waals surface area contributed by atoms with Crippen molar-refractivity contribution < 1.29 is 4.42 Å². The number of nitrogens with two attached hydrogens (primary N) is 1. The number of furan rings is 1. The Morgan fingerprint density at radius 2 is 2.50 bits per heavy atom. The minimum atomic E-state index is -0.0383. The van der Waals surface area contributed by atoms with E-state index in [0.717, 1.165) is 11.3 Å². The lowest BCUT2D eigenvalue weighted by Crippen LogP contribution is -2.26. The van der Waals surface area contributed by atoms with E-state index in [4.69, 9.17) is 10.2 Å². The standard InChI is InChI=1S/C11H16N4O/c1-15-8-9(5-14-15)11(12)7-13-6-10-3-2-4-16-10/h2-5,8,11,13H,6-7,12H2,1H3. The second-order valence-electron chi connectivity index (χ2n) is 3.76. The summed E-state index contributed by atoms with van der Waals surface area (Å²) in [5, 5.41) is 7.33. The second kappa shape index (κ2) is 4.96. The second-order valence-corrected chi connectivity index (χ2v) is 3.76. The zero-order valence-electron chi connectivity index (χ0n) is 9.26. The van der Waals surface area contributed by atoms with Crippen LogP contribution in [0.15, 0.2) is 35.2 Å². The molecule has 2 rings (SSSR count). The first-order chi connectivity index (χ1) is 7.75. The molecule has 5 nitrogen and oxygen atoms in total. The van der Waals surface area contributed by atoms with Gasteiger partial charge in [-0.05, 0) is 12.1 Å². The van der Waals surface area contributed by atoms with Crippen molar-refractivity contribution in [3.05, 3.63) is 42.1 Å². The normalized spacial score (nSPS) is 12.9. The summed E-state index contributed by atoms with van der Waals surface area (Å²) in [7, 11) is 1.88. The van der Waals surface area contributed by atoms with E-state index < -0.39 is 0 Å². The average molecular weight is 220 g/mol. The highest BCUT2D eigenvalue weighted by molar-refractivity contribution is 5.10. The SMILES string of the molecule is Cn1cc(C(N)CNCc2ccco2)cn1. The summed E-state index contributed by atoms with van der Waals surface area (Å²) in [6.07, 6.45) is 5.39. The van der Waals surface area contributed by atoms with Crippen LogP contribution in [0.5, 0.6) is 0 Å². The van der Waals surface area contributed by atoms with Crippen molar-refractivity contribution in [2.45, 2.75) is 12.6 Å². The largest absolute Gasteiger partial charge is 0.468 e. The molecule has 2 heterocycles. The highest BCUT2D eigenvalue weighted by Gasteiger charge is 2.07. The Bertz CT molecular complexity index is 421. The van der Waals surface area contributed by atoms with Gasteiger partial charge in [-0.1, -0.05) is 0 Å². The molecule has 0 spiro atoms. The third-order valence-corrected chi connectivity index (χ3v) is 2.40. The Labute approximate surface area is 94.2 Å². The van der Waals surface area contributed by atoms with Gasteiger partial charge in [0.25, 0.3) is 0 Å². The van der Waals surface area contributed by atoms with Gasteiger partial charge in [0.1, 0.15) is 5.76 Å². The van der Waals surface area contributed by atoms with Crippen LogP contribution in [-0.4, -0.2) is 16.3 Å². The molecule has 86 valence electrons. The molecule has 0 saturated carbocycles. The highest BCUT2D eigenvalue weighted by atomic mass is 16.3. The molecular weight excluding hydrogens is 204 g/mol. The van der Waals surface area contributed by atoms with Crippen molar-refractivity contribution in [2.24, 2.45) is 12.8 Å². The summed E-state index contributed by atoms with van der Waals surface area (Å²) in [5.74, 6) is 0.915. The summed E-state index contributed by atoms with van der Waals surface area (Å²) in [6.45, 7) is 1.40. The first kappa shape index (κ1) is 10.9. The van der Waals surface area contributed by atoms with Gasteiger partial charge in [0.2, 0.25) is 0 Å². The van der Waals surface area contributed by atoms with Crippen molar-refractivity contribution in [3.63, 3.8) is 0 Å². The minimum Gasteiger partial charge on any atom is -0.468 e. The predicted octanol–water partition coefficient (Wildman–Crippen LogP) is 0.803. The van der Waals surface area contributed by atoms with Gasteiger partial charge in [-0.3, -0.25) is 4.68 Å². The van der Waals surface area contributed by atoms with Crippen LogP contribution in [-0.2, 0) is 13.6 Å².